The number of carbonyl (C=O) groups excluding carboxylic acids is 3. The molecule has 0 N–H and O–H groups in total. The second-order valence-electron chi connectivity index (χ2n) is 6.74. The van der Waals surface area contributed by atoms with Gasteiger partial charge in [-0.15, -0.1) is 11.3 Å². The fourth-order valence-electron chi connectivity index (χ4n) is 3.62. The molecule has 1 atom stereocenters. The predicted octanol–water partition coefficient (Wildman–Crippen LogP) is 3.32. The van der Waals surface area contributed by atoms with Crippen LogP contribution < -0.4 is 0 Å². The molecule has 1 aromatic carbocycles. The molecule has 7 nitrogen and oxygen atoms in total. The lowest BCUT2D eigenvalue weighted by atomic mass is 10.1. The van der Waals surface area contributed by atoms with Crippen molar-refractivity contribution in [2.24, 2.45) is 5.10 Å². The van der Waals surface area contributed by atoms with E-state index in [2.05, 4.69) is 5.10 Å². The summed E-state index contributed by atoms with van der Waals surface area (Å²) in [6, 6.07) is 13.7. The Morgan fingerprint density at radius 1 is 1.07 bits per heavy atom. The number of thiophene rings is 1. The van der Waals surface area contributed by atoms with Crippen LogP contribution in [0.15, 0.2) is 69.7 Å². The van der Waals surface area contributed by atoms with Crippen LogP contribution in [0, 0.1) is 0 Å². The van der Waals surface area contributed by atoms with Gasteiger partial charge in [0.2, 0.25) is 0 Å². The number of hydrogen-bond acceptors (Lipinski definition) is 6. The number of fused-ring (bicyclic) bond motifs is 1. The lowest BCUT2D eigenvalue weighted by Crippen LogP contribution is -2.40. The summed E-state index contributed by atoms with van der Waals surface area (Å²) < 4.78 is 5.44. The fraction of sp³-hybridized carbons (Fsp3) is 0.143. The summed E-state index contributed by atoms with van der Waals surface area (Å²) in [4.78, 5) is 40.3. The average Bonchev–Trinajstić information content (AvgIpc) is 3.51. The molecule has 0 saturated heterocycles. The number of amides is 3. The van der Waals surface area contributed by atoms with Crippen molar-refractivity contribution >= 4 is 34.8 Å². The van der Waals surface area contributed by atoms with Crippen LogP contribution >= 0.6 is 11.3 Å². The van der Waals surface area contributed by atoms with Gasteiger partial charge in [-0.25, -0.2) is 5.01 Å². The minimum atomic E-state index is -0.457. The number of nitrogens with zero attached hydrogens (tertiary/aromatic N) is 3. The number of hydrazone groups is 1. The Bertz CT molecular complexity index is 1100. The number of imide groups is 1. The Morgan fingerprint density at radius 2 is 1.83 bits per heavy atom. The van der Waals surface area contributed by atoms with Gasteiger partial charge in [0.1, 0.15) is 18.0 Å². The standard InChI is InChI=1S/C21H15N3O4S/c25-19(12-23-20(26)13-5-1-2-6-14(13)21(23)27)24-16(18-8-4-10-29-18)11-15(22-24)17-7-3-9-28-17/h1-10,16H,11-12H2. The summed E-state index contributed by atoms with van der Waals surface area (Å²) in [7, 11) is 0. The fourth-order valence-corrected chi connectivity index (χ4v) is 4.44. The van der Waals surface area contributed by atoms with Crippen molar-refractivity contribution < 1.29 is 18.8 Å². The third kappa shape index (κ3) is 2.89. The van der Waals surface area contributed by atoms with Crippen molar-refractivity contribution in [2.75, 3.05) is 6.54 Å². The van der Waals surface area contributed by atoms with Gasteiger partial charge >= 0.3 is 0 Å². The van der Waals surface area contributed by atoms with Crippen LogP contribution in [0.4, 0.5) is 0 Å². The van der Waals surface area contributed by atoms with E-state index < -0.39 is 17.7 Å². The third-order valence-electron chi connectivity index (χ3n) is 5.01. The molecule has 0 fully saturated rings. The maximum absolute atomic E-state index is 13.1. The molecule has 2 aliphatic rings. The smallest absolute Gasteiger partial charge is 0.263 e. The van der Waals surface area contributed by atoms with Gasteiger partial charge in [-0.2, -0.15) is 5.10 Å². The second kappa shape index (κ2) is 6.82. The first-order valence-corrected chi connectivity index (χ1v) is 9.93. The zero-order valence-electron chi connectivity index (χ0n) is 15.1. The monoisotopic (exact) mass is 405 g/mol. The van der Waals surface area contributed by atoms with Gasteiger partial charge in [-0.05, 0) is 35.7 Å². The van der Waals surface area contributed by atoms with E-state index in [-0.39, 0.29) is 12.6 Å². The molecule has 5 rings (SSSR count). The number of carbonyl (C=O) groups is 3. The summed E-state index contributed by atoms with van der Waals surface area (Å²) in [6.07, 6.45) is 2.06. The van der Waals surface area contributed by atoms with E-state index in [1.54, 1.807) is 42.7 Å². The molecule has 0 saturated carbocycles. The topological polar surface area (TPSA) is 83.2 Å². The van der Waals surface area contributed by atoms with Crippen molar-refractivity contribution in [2.45, 2.75) is 12.5 Å². The van der Waals surface area contributed by atoms with Gasteiger partial charge in [-0.3, -0.25) is 19.3 Å². The maximum atomic E-state index is 13.1. The zero-order valence-corrected chi connectivity index (χ0v) is 16.0. The van der Waals surface area contributed by atoms with Crippen LogP contribution in [-0.4, -0.2) is 39.9 Å². The third-order valence-corrected chi connectivity index (χ3v) is 5.99. The molecular formula is C21H15N3O4S. The summed E-state index contributed by atoms with van der Waals surface area (Å²) in [6.45, 7) is -0.358. The summed E-state index contributed by atoms with van der Waals surface area (Å²) in [5, 5.41) is 7.78. The largest absolute Gasteiger partial charge is 0.463 e. The molecule has 0 aliphatic carbocycles. The van der Waals surface area contributed by atoms with Crippen molar-refractivity contribution in [3.8, 4) is 0 Å². The molecule has 3 aromatic rings. The molecule has 1 unspecified atom stereocenters. The van der Waals surface area contributed by atoms with Gasteiger partial charge in [0, 0.05) is 11.3 Å². The minimum Gasteiger partial charge on any atom is -0.463 e. The van der Waals surface area contributed by atoms with Crippen LogP contribution in [0.2, 0.25) is 0 Å². The highest BCUT2D eigenvalue weighted by Gasteiger charge is 2.40. The summed E-state index contributed by atoms with van der Waals surface area (Å²) in [5.41, 5.74) is 1.30. The lowest BCUT2D eigenvalue weighted by Gasteiger charge is -2.23. The van der Waals surface area contributed by atoms with Crippen LogP contribution in [0.1, 0.15) is 43.8 Å². The number of rotatable bonds is 4. The molecule has 4 heterocycles. The van der Waals surface area contributed by atoms with Crippen molar-refractivity contribution in [3.05, 3.63) is 81.9 Å². The molecule has 29 heavy (non-hydrogen) atoms. The lowest BCUT2D eigenvalue weighted by molar-refractivity contribution is -0.133. The normalized spacial score (nSPS) is 18.3. The molecule has 3 amide bonds. The molecular weight excluding hydrogens is 390 g/mol. The predicted molar refractivity (Wildman–Crippen MR) is 106 cm³/mol. The first kappa shape index (κ1) is 17.6. The Balaban J connectivity index is 1.43. The molecule has 0 bridgehead atoms. The van der Waals surface area contributed by atoms with Gasteiger partial charge in [0.25, 0.3) is 17.7 Å². The van der Waals surface area contributed by atoms with Gasteiger partial charge in [0.05, 0.1) is 23.4 Å². The molecule has 144 valence electrons. The van der Waals surface area contributed by atoms with E-state index in [1.807, 2.05) is 17.5 Å². The molecule has 2 aromatic heterocycles. The van der Waals surface area contributed by atoms with Crippen molar-refractivity contribution in [3.63, 3.8) is 0 Å². The Hall–Kier alpha value is -3.52. The van der Waals surface area contributed by atoms with E-state index in [4.69, 9.17) is 4.42 Å². The number of hydrogen-bond donors (Lipinski definition) is 0. The van der Waals surface area contributed by atoms with Crippen LogP contribution in [0.25, 0.3) is 0 Å². The van der Waals surface area contributed by atoms with Crippen molar-refractivity contribution in [1.29, 1.82) is 0 Å². The SMILES string of the molecule is O=C1c2ccccc2C(=O)N1CC(=O)N1N=C(c2ccco2)CC1c1cccs1. The second-order valence-corrected chi connectivity index (χ2v) is 7.72. The molecule has 2 aliphatic heterocycles. The number of benzene rings is 1. The average molecular weight is 405 g/mol. The van der Waals surface area contributed by atoms with E-state index in [9.17, 15) is 14.4 Å². The van der Waals surface area contributed by atoms with E-state index in [0.717, 1.165) is 9.78 Å². The quantitative estimate of drug-likeness (QED) is 0.624. The molecule has 0 radical (unpaired) electrons. The molecule has 8 heteroatoms. The van der Waals surface area contributed by atoms with Gasteiger partial charge < -0.3 is 4.42 Å². The highest BCUT2D eigenvalue weighted by molar-refractivity contribution is 7.10. The van der Waals surface area contributed by atoms with Crippen molar-refractivity contribution in [1.82, 2.24) is 9.91 Å². The van der Waals surface area contributed by atoms with E-state index in [1.165, 1.54) is 16.3 Å². The van der Waals surface area contributed by atoms with E-state index in [0.29, 0.717) is 29.0 Å². The Labute approximate surface area is 169 Å². The Morgan fingerprint density at radius 3 is 2.45 bits per heavy atom. The Kier molecular flexibility index (Phi) is 4.13. The zero-order chi connectivity index (χ0) is 20.0. The van der Waals surface area contributed by atoms with E-state index >= 15 is 0 Å². The van der Waals surface area contributed by atoms with Crippen LogP contribution in [0.5, 0.6) is 0 Å². The highest BCUT2D eigenvalue weighted by Crippen LogP contribution is 2.35. The summed E-state index contributed by atoms with van der Waals surface area (Å²) >= 11 is 1.53. The summed E-state index contributed by atoms with van der Waals surface area (Å²) in [5.74, 6) is -0.732. The first-order valence-electron chi connectivity index (χ1n) is 9.05. The number of furan rings is 1. The molecule has 0 spiro atoms. The maximum Gasteiger partial charge on any atom is 0.263 e. The van der Waals surface area contributed by atoms with Gasteiger partial charge in [0.15, 0.2) is 0 Å². The highest BCUT2D eigenvalue weighted by atomic mass is 32.1. The van der Waals surface area contributed by atoms with Crippen LogP contribution in [-0.2, 0) is 4.79 Å². The first-order chi connectivity index (χ1) is 14.1. The minimum absolute atomic E-state index is 0.294. The van der Waals surface area contributed by atoms with Gasteiger partial charge in [-0.1, -0.05) is 18.2 Å². The van der Waals surface area contributed by atoms with Crippen LogP contribution in [0.3, 0.4) is 0 Å².